The largest absolute Gasteiger partial charge is 0.393 e. The molecule has 4 heteroatoms. The van der Waals surface area contributed by atoms with Crippen LogP contribution in [0, 0.1) is 6.92 Å². The van der Waals surface area contributed by atoms with Crippen molar-refractivity contribution < 1.29 is 10.2 Å². The Kier molecular flexibility index (Phi) is 4.92. The molecule has 0 aliphatic carbocycles. The SMILES string of the molecule is Cc1cc(CNCC(C)(O)CO)ccc1Br. The molecule has 1 unspecified atom stereocenters. The molecule has 0 amide bonds. The quantitative estimate of drug-likeness (QED) is 0.771. The van der Waals surface area contributed by atoms with Crippen molar-refractivity contribution in [3.05, 3.63) is 33.8 Å². The van der Waals surface area contributed by atoms with Gasteiger partial charge in [-0.1, -0.05) is 28.1 Å². The lowest BCUT2D eigenvalue weighted by Gasteiger charge is -2.20. The molecular formula is C12H18BrNO2. The molecule has 1 rings (SSSR count). The van der Waals surface area contributed by atoms with E-state index in [1.807, 2.05) is 19.1 Å². The molecule has 0 fully saturated rings. The predicted octanol–water partition coefficient (Wildman–Crippen LogP) is 1.59. The van der Waals surface area contributed by atoms with Crippen molar-refractivity contribution in [1.82, 2.24) is 5.32 Å². The van der Waals surface area contributed by atoms with Crippen molar-refractivity contribution in [2.45, 2.75) is 26.0 Å². The lowest BCUT2D eigenvalue weighted by molar-refractivity contribution is 0.00254. The highest BCUT2D eigenvalue weighted by Crippen LogP contribution is 2.16. The van der Waals surface area contributed by atoms with E-state index in [0.717, 1.165) is 10.0 Å². The molecule has 0 spiro atoms. The topological polar surface area (TPSA) is 52.5 Å². The average molecular weight is 288 g/mol. The Bertz CT molecular complexity index is 353. The van der Waals surface area contributed by atoms with Crippen LogP contribution in [0.5, 0.6) is 0 Å². The molecule has 0 aliphatic rings. The van der Waals surface area contributed by atoms with E-state index in [1.54, 1.807) is 6.92 Å². The second-order valence-electron chi connectivity index (χ2n) is 4.34. The molecule has 0 saturated heterocycles. The normalized spacial score (nSPS) is 14.8. The minimum absolute atomic E-state index is 0.237. The van der Waals surface area contributed by atoms with Gasteiger partial charge in [-0.05, 0) is 31.0 Å². The number of aryl methyl sites for hydroxylation is 1. The fraction of sp³-hybridized carbons (Fsp3) is 0.500. The number of halogens is 1. The van der Waals surface area contributed by atoms with Gasteiger partial charge in [-0.3, -0.25) is 0 Å². The first-order valence-electron chi connectivity index (χ1n) is 5.23. The molecule has 90 valence electrons. The van der Waals surface area contributed by atoms with Crippen molar-refractivity contribution >= 4 is 15.9 Å². The molecule has 16 heavy (non-hydrogen) atoms. The van der Waals surface area contributed by atoms with Gasteiger partial charge in [0.25, 0.3) is 0 Å². The molecule has 0 aromatic heterocycles. The van der Waals surface area contributed by atoms with Crippen LogP contribution < -0.4 is 5.32 Å². The van der Waals surface area contributed by atoms with Gasteiger partial charge in [-0.25, -0.2) is 0 Å². The first-order chi connectivity index (χ1) is 7.44. The molecule has 3 nitrogen and oxygen atoms in total. The van der Waals surface area contributed by atoms with E-state index in [2.05, 4.69) is 27.3 Å². The van der Waals surface area contributed by atoms with Crippen molar-refractivity contribution in [2.75, 3.05) is 13.2 Å². The Balaban J connectivity index is 2.46. The average Bonchev–Trinajstić information content (AvgIpc) is 2.23. The van der Waals surface area contributed by atoms with Crippen molar-refractivity contribution in [2.24, 2.45) is 0 Å². The summed E-state index contributed by atoms with van der Waals surface area (Å²) in [6.07, 6.45) is 0. The number of benzene rings is 1. The third-order valence-electron chi connectivity index (χ3n) is 2.40. The van der Waals surface area contributed by atoms with Gasteiger partial charge in [-0.15, -0.1) is 0 Å². The number of aliphatic hydroxyl groups excluding tert-OH is 1. The van der Waals surface area contributed by atoms with Crippen molar-refractivity contribution in [1.29, 1.82) is 0 Å². The standard InChI is InChI=1S/C12H18BrNO2/c1-9-5-10(3-4-11(9)13)6-14-7-12(2,16)8-15/h3-5,14-16H,6-8H2,1-2H3. The van der Waals surface area contributed by atoms with Gasteiger partial charge in [-0.2, -0.15) is 0 Å². The van der Waals surface area contributed by atoms with E-state index >= 15 is 0 Å². The summed E-state index contributed by atoms with van der Waals surface area (Å²) in [7, 11) is 0. The molecule has 1 atom stereocenters. The Hall–Kier alpha value is -0.420. The predicted molar refractivity (Wildman–Crippen MR) is 68.3 cm³/mol. The van der Waals surface area contributed by atoms with Crippen LogP contribution in [0.2, 0.25) is 0 Å². The van der Waals surface area contributed by atoms with Crippen LogP contribution in [0.1, 0.15) is 18.1 Å². The molecule has 0 saturated carbocycles. The van der Waals surface area contributed by atoms with Gasteiger partial charge in [0.05, 0.1) is 12.2 Å². The summed E-state index contributed by atoms with van der Waals surface area (Å²) >= 11 is 3.45. The maximum Gasteiger partial charge on any atom is 0.0972 e. The number of hydrogen-bond acceptors (Lipinski definition) is 3. The number of hydrogen-bond donors (Lipinski definition) is 3. The molecule has 3 N–H and O–H groups in total. The third-order valence-corrected chi connectivity index (χ3v) is 3.29. The number of rotatable bonds is 5. The number of nitrogens with one attached hydrogen (secondary N) is 1. The fourth-order valence-electron chi connectivity index (χ4n) is 1.35. The zero-order chi connectivity index (χ0) is 12.2. The lowest BCUT2D eigenvalue weighted by Crippen LogP contribution is -2.40. The summed E-state index contributed by atoms with van der Waals surface area (Å²) in [5.74, 6) is 0. The van der Waals surface area contributed by atoms with E-state index in [0.29, 0.717) is 13.1 Å². The second-order valence-corrected chi connectivity index (χ2v) is 5.20. The molecule has 0 radical (unpaired) electrons. The van der Waals surface area contributed by atoms with Gasteiger partial charge in [0.15, 0.2) is 0 Å². The second kappa shape index (κ2) is 5.77. The summed E-state index contributed by atoms with van der Waals surface area (Å²) in [5.41, 5.74) is 1.30. The zero-order valence-electron chi connectivity index (χ0n) is 9.63. The summed E-state index contributed by atoms with van der Waals surface area (Å²) < 4.78 is 1.10. The van der Waals surface area contributed by atoms with E-state index in [1.165, 1.54) is 5.56 Å². The van der Waals surface area contributed by atoms with Crippen LogP contribution in [-0.2, 0) is 6.54 Å². The maximum atomic E-state index is 9.58. The van der Waals surface area contributed by atoms with Crippen LogP contribution in [0.25, 0.3) is 0 Å². The van der Waals surface area contributed by atoms with Crippen LogP contribution in [-0.4, -0.2) is 29.0 Å². The molecule has 0 heterocycles. The smallest absolute Gasteiger partial charge is 0.0972 e. The highest BCUT2D eigenvalue weighted by atomic mass is 79.9. The first-order valence-corrected chi connectivity index (χ1v) is 6.03. The van der Waals surface area contributed by atoms with Crippen LogP contribution in [0.15, 0.2) is 22.7 Å². The Labute approximate surface area is 105 Å². The molecule has 0 bridgehead atoms. The van der Waals surface area contributed by atoms with Crippen LogP contribution >= 0.6 is 15.9 Å². The Morgan fingerprint density at radius 3 is 2.69 bits per heavy atom. The van der Waals surface area contributed by atoms with E-state index in [-0.39, 0.29) is 6.61 Å². The minimum atomic E-state index is -1.05. The van der Waals surface area contributed by atoms with Gasteiger partial charge < -0.3 is 15.5 Å². The van der Waals surface area contributed by atoms with Crippen molar-refractivity contribution in [3.63, 3.8) is 0 Å². The summed E-state index contributed by atoms with van der Waals surface area (Å²) in [6.45, 7) is 4.46. The Morgan fingerprint density at radius 2 is 2.12 bits per heavy atom. The minimum Gasteiger partial charge on any atom is -0.393 e. The highest BCUT2D eigenvalue weighted by molar-refractivity contribution is 9.10. The van der Waals surface area contributed by atoms with E-state index in [9.17, 15) is 5.11 Å². The monoisotopic (exact) mass is 287 g/mol. The summed E-state index contributed by atoms with van der Waals surface area (Å²) in [6, 6.07) is 6.12. The summed E-state index contributed by atoms with van der Waals surface area (Å²) in [5, 5.41) is 21.6. The van der Waals surface area contributed by atoms with Gasteiger partial charge >= 0.3 is 0 Å². The van der Waals surface area contributed by atoms with E-state index in [4.69, 9.17) is 5.11 Å². The van der Waals surface area contributed by atoms with Crippen LogP contribution in [0.4, 0.5) is 0 Å². The number of aliphatic hydroxyl groups is 2. The lowest BCUT2D eigenvalue weighted by atomic mass is 10.1. The molecule has 0 aliphatic heterocycles. The highest BCUT2D eigenvalue weighted by Gasteiger charge is 2.17. The van der Waals surface area contributed by atoms with Gasteiger partial charge in [0.1, 0.15) is 0 Å². The molecule has 1 aromatic rings. The fourth-order valence-corrected chi connectivity index (χ4v) is 1.60. The van der Waals surface area contributed by atoms with E-state index < -0.39 is 5.60 Å². The Morgan fingerprint density at radius 1 is 1.44 bits per heavy atom. The molecule has 1 aromatic carbocycles. The van der Waals surface area contributed by atoms with Gasteiger partial charge in [0, 0.05) is 17.6 Å². The summed E-state index contributed by atoms with van der Waals surface area (Å²) in [4.78, 5) is 0. The third kappa shape index (κ3) is 4.22. The zero-order valence-corrected chi connectivity index (χ0v) is 11.2. The first kappa shape index (κ1) is 13.6. The van der Waals surface area contributed by atoms with Crippen molar-refractivity contribution in [3.8, 4) is 0 Å². The van der Waals surface area contributed by atoms with Crippen LogP contribution in [0.3, 0.4) is 0 Å². The van der Waals surface area contributed by atoms with Gasteiger partial charge in [0.2, 0.25) is 0 Å². The maximum absolute atomic E-state index is 9.58. The molecular weight excluding hydrogens is 270 g/mol.